The van der Waals surface area contributed by atoms with Gasteiger partial charge < -0.3 is 28.8 Å². The lowest BCUT2D eigenvalue weighted by atomic mass is 9.98. The topological polar surface area (TPSA) is 175 Å². The Morgan fingerprint density at radius 1 is 0.576 bits per heavy atom. The minimum absolute atomic E-state index is 0.0472. The summed E-state index contributed by atoms with van der Waals surface area (Å²) in [5.41, 5.74) is 8.04. The third kappa shape index (κ3) is 12.7. The van der Waals surface area contributed by atoms with Gasteiger partial charge in [-0.3, -0.25) is 19.4 Å². The number of rotatable bonds is 18. The van der Waals surface area contributed by atoms with Crippen LogP contribution in [-0.2, 0) is 42.9 Å². The molecule has 1 N–H and O–H groups in total. The van der Waals surface area contributed by atoms with E-state index < -0.39 is 53.7 Å². The highest BCUT2D eigenvalue weighted by Gasteiger charge is 2.35. The van der Waals surface area contributed by atoms with Gasteiger partial charge in [0.05, 0.1) is 0 Å². The van der Waals surface area contributed by atoms with Crippen LogP contribution in [0.25, 0.3) is 22.3 Å². The van der Waals surface area contributed by atoms with Crippen LogP contribution < -0.4 is 0 Å². The average Bonchev–Trinajstić information content (AvgIpc) is 3.80. The fourth-order valence-corrected chi connectivity index (χ4v) is 7.93. The van der Waals surface area contributed by atoms with E-state index in [0.29, 0.717) is 0 Å². The van der Waals surface area contributed by atoms with Crippen LogP contribution in [-0.4, -0.2) is 109 Å². The summed E-state index contributed by atoms with van der Waals surface area (Å²) in [5, 5.41) is 9.50. The summed E-state index contributed by atoms with van der Waals surface area (Å²) < 4.78 is 26.5. The Morgan fingerprint density at radius 2 is 0.909 bits per heavy atom. The van der Waals surface area contributed by atoms with Crippen LogP contribution in [0.3, 0.4) is 0 Å². The SMILES string of the molecule is C=CCOC(=O)CC[C@@H](C(=O)O)N(C)C(=O)OCC1c2ccccc2-c2ccccc21.C=CCOC(=O)CC[C@@H](C(=O)OC(C)(C)C)N(C)C(=O)OCC1c2ccccc2-c2ccccc21. The molecule has 2 aliphatic carbocycles. The molecule has 4 aromatic carbocycles. The van der Waals surface area contributed by atoms with Gasteiger partial charge >= 0.3 is 36.1 Å². The number of benzene rings is 4. The van der Waals surface area contributed by atoms with Crippen molar-refractivity contribution in [2.45, 2.75) is 76.0 Å². The molecule has 0 radical (unpaired) electrons. The van der Waals surface area contributed by atoms with E-state index in [2.05, 4.69) is 25.3 Å². The summed E-state index contributed by atoms with van der Waals surface area (Å²) >= 11 is 0. The molecule has 2 amide bonds. The van der Waals surface area contributed by atoms with Crippen molar-refractivity contribution in [2.24, 2.45) is 0 Å². The van der Waals surface area contributed by atoms with Crippen molar-refractivity contribution >= 4 is 36.1 Å². The molecule has 2 atom stereocenters. The van der Waals surface area contributed by atoms with Crippen molar-refractivity contribution in [3.05, 3.63) is 145 Å². The fourth-order valence-electron chi connectivity index (χ4n) is 7.93. The van der Waals surface area contributed by atoms with E-state index in [0.717, 1.165) is 49.4 Å². The van der Waals surface area contributed by atoms with E-state index in [4.69, 9.17) is 23.7 Å². The van der Waals surface area contributed by atoms with Gasteiger partial charge in [-0.1, -0.05) is 122 Å². The third-order valence-electron chi connectivity index (χ3n) is 11.1. The maximum atomic E-state index is 13.0. The first-order valence-electron chi connectivity index (χ1n) is 21.7. The number of nitrogens with zero attached hydrogens (tertiary/aromatic N) is 2. The molecule has 0 fully saturated rings. The molecule has 14 nitrogen and oxygen atoms in total. The summed E-state index contributed by atoms with van der Waals surface area (Å²) in [7, 11) is 2.83. The molecule has 348 valence electrons. The van der Waals surface area contributed by atoms with Crippen LogP contribution in [0, 0.1) is 0 Å². The van der Waals surface area contributed by atoms with Gasteiger partial charge in [0.25, 0.3) is 0 Å². The van der Waals surface area contributed by atoms with E-state index in [-0.39, 0.29) is 63.9 Å². The molecule has 0 heterocycles. The van der Waals surface area contributed by atoms with E-state index in [1.165, 1.54) is 31.1 Å². The zero-order valence-corrected chi connectivity index (χ0v) is 38.1. The van der Waals surface area contributed by atoms with Gasteiger partial charge in [0.1, 0.15) is 44.1 Å². The first-order chi connectivity index (χ1) is 31.6. The predicted molar refractivity (Wildman–Crippen MR) is 248 cm³/mol. The normalized spacial score (nSPS) is 13.1. The summed E-state index contributed by atoms with van der Waals surface area (Å²) in [4.78, 5) is 76.0. The predicted octanol–water partition coefficient (Wildman–Crippen LogP) is 8.92. The van der Waals surface area contributed by atoms with Gasteiger partial charge in [-0.15, -0.1) is 0 Å². The van der Waals surface area contributed by atoms with Crippen LogP contribution in [0.1, 0.15) is 80.5 Å². The molecular formula is C52H58N2O12. The number of hydrogen-bond acceptors (Lipinski definition) is 11. The van der Waals surface area contributed by atoms with E-state index in [9.17, 15) is 33.9 Å². The fraction of sp³-hybridized carbons (Fsp3) is 0.346. The lowest BCUT2D eigenvalue weighted by Gasteiger charge is -2.29. The molecule has 0 unspecified atom stereocenters. The number of esters is 3. The van der Waals surface area contributed by atoms with Gasteiger partial charge in [0, 0.05) is 38.8 Å². The maximum Gasteiger partial charge on any atom is 0.410 e. The van der Waals surface area contributed by atoms with Crippen molar-refractivity contribution in [2.75, 3.05) is 40.5 Å². The Morgan fingerprint density at radius 3 is 1.24 bits per heavy atom. The number of carboxylic acid groups (broad SMARTS) is 1. The van der Waals surface area contributed by atoms with Crippen molar-refractivity contribution in [3.63, 3.8) is 0 Å². The van der Waals surface area contributed by atoms with E-state index in [1.54, 1.807) is 20.8 Å². The summed E-state index contributed by atoms with van der Waals surface area (Å²) in [5.74, 6) is -3.08. The number of likely N-dealkylation sites (N-methyl/N-ethyl adjacent to an activating group) is 2. The maximum absolute atomic E-state index is 13.0. The number of hydrogen-bond donors (Lipinski definition) is 1. The molecule has 4 aromatic rings. The van der Waals surface area contributed by atoms with Crippen LogP contribution in [0.5, 0.6) is 0 Å². The molecule has 0 saturated heterocycles. The van der Waals surface area contributed by atoms with Crippen LogP contribution in [0.15, 0.2) is 122 Å². The van der Waals surface area contributed by atoms with Crippen LogP contribution in [0.2, 0.25) is 0 Å². The zero-order chi connectivity index (χ0) is 48.0. The summed E-state index contributed by atoms with van der Waals surface area (Å²) in [6.45, 7) is 12.5. The van der Waals surface area contributed by atoms with Gasteiger partial charge in [-0.05, 0) is 78.1 Å². The van der Waals surface area contributed by atoms with E-state index in [1.807, 2.05) is 84.9 Å². The molecule has 2 aliphatic rings. The number of carboxylic acids is 1. The number of carbonyl (C=O) groups is 6. The molecular weight excluding hydrogens is 845 g/mol. The zero-order valence-electron chi connectivity index (χ0n) is 38.1. The smallest absolute Gasteiger partial charge is 0.410 e. The number of carbonyl (C=O) groups excluding carboxylic acids is 5. The largest absolute Gasteiger partial charge is 0.480 e. The third-order valence-corrected chi connectivity index (χ3v) is 11.1. The Labute approximate surface area is 385 Å². The second-order valence-electron chi connectivity index (χ2n) is 16.8. The molecule has 0 aromatic heterocycles. The van der Waals surface area contributed by atoms with Crippen LogP contribution in [0.4, 0.5) is 9.59 Å². The Hall–Kier alpha value is -7.22. The Balaban J connectivity index is 0.000000249. The molecule has 6 rings (SSSR count). The molecule has 14 heteroatoms. The summed E-state index contributed by atoms with van der Waals surface area (Å²) in [6, 6.07) is 29.8. The Kier molecular flexibility index (Phi) is 17.4. The van der Waals surface area contributed by atoms with Gasteiger partial charge in [0.15, 0.2) is 0 Å². The minimum Gasteiger partial charge on any atom is -0.480 e. The van der Waals surface area contributed by atoms with Crippen molar-refractivity contribution in [1.29, 1.82) is 0 Å². The van der Waals surface area contributed by atoms with Crippen molar-refractivity contribution < 1.29 is 57.6 Å². The highest BCUT2D eigenvalue weighted by molar-refractivity contribution is 5.84. The average molecular weight is 903 g/mol. The van der Waals surface area contributed by atoms with Gasteiger partial charge in [0.2, 0.25) is 0 Å². The Bertz CT molecular complexity index is 2310. The molecule has 66 heavy (non-hydrogen) atoms. The highest BCUT2D eigenvalue weighted by Crippen LogP contribution is 2.45. The highest BCUT2D eigenvalue weighted by atomic mass is 16.6. The second-order valence-corrected chi connectivity index (χ2v) is 16.8. The first-order valence-corrected chi connectivity index (χ1v) is 21.7. The quantitative estimate of drug-likeness (QED) is 0.0571. The number of aliphatic carboxylic acids is 1. The molecule has 0 aliphatic heterocycles. The summed E-state index contributed by atoms with van der Waals surface area (Å²) in [6.07, 6.45) is 1.25. The van der Waals surface area contributed by atoms with Crippen molar-refractivity contribution in [3.8, 4) is 22.3 Å². The molecule has 0 bridgehead atoms. The lowest BCUT2D eigenvalue weighted by molar-refractivity contribution is -0.161. The van der Waals surface area contributed by atoms with Crippen LogP contribution >= 0.6 is 0 Å². The molecule has 0 saturated carbocycles. The monoisotopic (exact) mass is 902 g/mol. The van der Waals surface area contributed by atoms with Gasteiger partial charge in [-0.25, -0.2) is 19.2 Å². The minimum atomic E-state index is -1.22. The number of ether oxygens (including phenoxy) is 5. The number of fused-ring (bicyclic) bond motifs is 6. The van der Waals surface area contributed by atoms with Crippen molar-refractivity contribution in [1.82, 2.24) is 9.80 Å². The van der Waals surface area contributed by atoms with E-state index >= 15 is 0 Å². The van der Waals surface area contributed by atoms with Gasteiger partial charge in [-0.2, -0.15) is 0 Å². The molecule has 0 spiro atoms. The standard InChI is InChI=1S/C28H33NO6.C24H25NO6/c1-6-17-33-25(30)16-15-24(26(31)35-28(2,3)4)29(5)27(32)34-18-23-21-13-9-7-11-19(21)20-12-8-10-14-22(20)23;1-3-14-30-22(26)13-12-21(23(27)28)25(2)24(29)31-15-20-18-10-6-4-8-16(18)17-9-5-7-11-19(17)20/h6-14,23-24H,1,15-18H2,2-5H3;3-11,20-21H,1,12-15H2,2H3,(H,27,28)/t24-;21-/m00/s1. The first kappa shape index (κ1) is 49.8. The number of amides is 2. The second kappa shape index (κ2) is 23.1. The lowest BCUT2D eigenvalue weighted by Crippen LogP contribution is -2.46.